The van der Waals surface area contributed by atoms with E-state index in [4.69, 9.17) is 4.74 Å². The Morgan fingerprint density at radius 1 is 1.32 bits per heavy atom. The molecule has 1 amide bonds. The van der Waals surface area contributed by atoms with Crippen molar-refractivity contribution in [2.24, 2.45) is 0 Å². The monoisotopic (exact) mass is 460 g/mol. The number of amides is 1. The van der Waals surface area contributed by atoms with E-state index in [0.717, 1.165) is 28.7 Å². The van der Waals surface area contributed by atoms with Gasteiger partial charge in [0.15, 0.2) is 9.99 Å². The summed E-state index contributed by atoms with van der Waals surface area (Å²) in [6.07, 6.45) is 1.90. The first kappa shape index (κ1) is 21.8. The number of thioether (sulfide) groups is 1. The van der Waals surface area contributed by atoms with Crippen LogP contribution in [0.1, 0.15) is 25.3 Å². The molecule has 1 aliphatic heterocycles. The van der Waals surface area contributed by atoms with E-state index < -0.39 is 11.2 Å². The molecule has 3 heterocycles. The van der Waals surface area contributed by atoms with E-state index >= 15 is 0 Å². The van der Waals surface area contributed by atoms with Crippen molar-refractivity contribution in [2.75, 3.05) is 18.9 Å². The van der Waals surface area contributed by atoms with Crippen molar-refractivity contribution in [1.82, 2.24) is 19.4 Å². The lowest BCUT2D eigenvalue weighted by Crippen LogP contribution is -2.42. The topological polar surface area (TPSA) is 95.2 Å². The van der Waals surface area contributed by atoms with Crippen molar-refractivity contribution in [3.63, 3.8) is 0 Å². The van der Waals surface area contributed by atoms with E-state index in [1.165, 1.54) is 27.7 Å². The van der Waals surface area contributed by atoms with Gasteiger partial charge >= 0.3 is 5.69 Å². The van der Waals surface area contributed by atoms with Crippen LogP contribution in [0.15, 0.2) is 38.2 Å². The number of carbonyl (C=O) groups excluding carboxylic acids is 1. The molecule has 1 fully saturated rings. The molecule has 1 aliphatic rings. The van der Waals surface area contributed by atoms with Gasteiger partial charge in [-0.2, -0.15) is 0 Å². The largest absolute Gasteiger partial charge is 0.376 e. The normalized spacial score (nSPS) is 16.1. The molecule has 2 aromatic heterocycles. The minimum atomic E-state index is -0.577. The molecule has 0 radical (unpaired) electrons. The summed E-state index contributed by atoms with van der Waals surface area (Å²) in [5, 5.41) is 2.84. The van der Waals surface area contributed by atoms with E-state index in [0.29, 0.717) is 27.9 Å². The van der Waals surface area contributed by atoms with E-state index in [1.807, 2.05) is 26.0 Å². The number of nitrogens with zero attached hydrogens (tertiary/aromatic N) is 3. The summed E-state index contributed by atoms with van der Waals surface area (Å²) >= 11 is 2.75. The molecule has 3 aromatic rings. The number of nitrogens with one attached hydrogen (secondary N) is 1. The average Bonchev–Trinajstić information content (AvgIpc) is 3.41. The van der Waals surface area contributed by atoms with Gasteiger partial charge in [0.2, 0.25) is 5.91 Å². The van der Waals surface area contributed by atoms with Crippen LogP contribution in [-0.2, 0) is 16.1 Å². The molecule has 4 rings (SSSR count). The van der Waals surface area contributed by atoms with Crippen LogP contribution < -0.4 is 16.6 Å². The number of ether oxygens (including phenoxy) is 1. The van der Waals surface area contributed by atoms with Crippen LogP contribution in [0.2, 0.25) is 0 Å². The molecule has 164 valence electrons. The Balaban J connectivity index is 1.76. The lowest BCUT2D eigenvalue weighted by Gasteiger charge is -2.13. The second-order valence-corrected chi connectivity index (χ2v) is 9.86. The molecule has 8 nitrogen and oxygen atoms in total. The molecule has 0 saturated carbocycles. The number of fused-ring (bicyclic) bond motifs is 1. The molecular formula is C21H24N4O4S2. The molecular weight excluding hydrogens is 436 g/mol. The highest BCUT2D eigenvalue weighted by Gasteiger charge is 2.21. The van der Waals surface area contributed by atoms with Crippen LogP contribution in [0.25, 0.3) is 16.0 Å². The number of carbonyl (C=O) groups is 1. The number of hydrogen-bond acceptors (Lipinski definition) is 7. The number of hydrogen-bond donors (Lipinski definition) is 1. The Hall–Kier alpha value is -2.43. The number of benzene rings is 1. The predicted molar refractivity (Wildman–Crippen MR) is 123 cm³/mol. The highest BCUT2D eigenvalue weighted by Crippen LogP contribution is 2.27. The molecule has 0 unspecified atom stereocenters. The van der Waals surface area contributed by atoms with Crippen LogP contribution in [0.4, 0.5) is 0 Å². The standard InChI is InChI=1S/C21H24N4O4S2/c1-3-30-20-23-18-17(31-20)19(27)25(14-8-6-13(2)7-9-14)21(28)24(18)12-16(26)22-11-15-5-4-10-29-15/h6-9,15H,3-5,10-12H2,1-2H3,(H,22,26)/t15-/m1/s1. The molecule has 0 bridgehead atoms. The quantitative estimate of drug-likeness (QED) is 0.544. The van der Waals surface area contributed by atoms with Crippen molar-refractivity contribution >= 4 is 39.4 Å². The summed E-state index contributed by atoms with van der Waals surface area (Å²) in [5.74, 6) is 0.476. The lowest BCUT2D eigenvalue weighted by atomic mass is 10.2. The first-order valence-corrected chi connectivity index (χ1v) is 12.0. The maximum Gasteiger partial charge on any atom is 0.337 e. The first-order chi connectivity index (χ1) is 15.0. The van der Waals surface area contributed by atoms with Gasteiger partial charge in [-0.15, -0.1) is 11.3 Å². The van der Waals surface area contributed by atoms with Gasteiger partial charge in [0.25, 0.3) is 5.56 Å². The van der Waals surface area contributed by atoms with Crippen LogP contribution in [0.3, 0.4) is 0 Å². The first-order valence-electron chi connectivity index (χ1n) is 10.2. The third kappa shape index (κ3) is 4.60. The second kappa shape index (κ2) is 9.37. The van der Waals surface area contributed by atoms with E-state index in [9.17, 15) is 14.4 Å². The Bertz CT molecular complexity index is 1210. The van der Waals surface area contributed by atoms with Crippen LogP contribution in [0.5, 0.6) is 0 Å². The van der Waals surface area contributed by atoms with E-state index in [2.05, 4.69) is 10.3 Å². The summed E-state index contributed by atoms with van der Waals surface area (Å²) in [4.78, 5) is 43.6. The number of thiazole rings is 1. The Morgan fingerprint density at radius 2 is 2.10 bits per heavy atom. The van der Waals surface area contributed by atoms with Crippen LogP contribution in [0, 0.1) is 6.92 Å². The molecule has 0 aliphatic carbocycles. The average molecular weight is 461 g/mol. The number of rotatable bonds is 7. The molecule has 1 saturated heterocycles. The van der Waals surface area contributed by atoms with Crippen molar-refractivity contribution < 1.29 is 9.53 Å². The maximum absolute atomic E-state index is 13.3. The lowest BCUT2D eigenvalue weighted by molar-refractivity contribution is -0.122. The fourth-order valence-electron chi connectivity index (χ4n) is 3.50. The molecule has 1 aromatic carbocycles. The minimum Gasteiger partial charge on any atom is -0.376 e. The van der Waals surface area contributed by atoms with Crippen molar-refractivity contribution in [3.05, 3.63) is 50.7 Å². The SMILES string of the molecule is CCSc1nc2c(s1)c(=O)n(-c1ccc(C)cc1)c(=O)n2CC(=O)NC[C@H]1CCCO1. The molecule has 31 heavy (non-hydrogen) atoms. The Morgan fingerprint density at radius 3 is 2.77 bits per heavy atom. The summed E-state index contributed by atoms with van der Waals surface area (Å²) in [6.45, 7) is 4.83. The van der Waals surface area contributed by atoms with Gasteiger partial charge in [-0.3, -0.25) is 14.2 Å². The second-order valence-electron chi connectivity index (χ2n) is 7.35. The van der Waals surface area contributed by atoms with Gasteiger partial charge in [0, 0.05) is 13.2 Å². The smallest absolute Gasteiger partial charge is 0.337 e. The minimum absolute atomic E-state index is 0.00836. The van der Waals surface area contributed by atoms with Crippen LogP contribution >= 0.6 is 23.1 Å². The fourth-order valence-corrected chi connectivity index (χ4v) is 5.47. The Labute approximate surface area is 187 Å². The highest BCUT2D eigenvalue weighted by molar-refractivity contribution is 8.01. The summed E-state index contributed by atoms with van der Waals surface area (Å²) in [6, 6.07) is 7.15. The zero-order valence-electron chi connectivity index (χ0n) is 17.4. The molecule has 10 heteroatoms. The summed E-state index contributed by atoms with van der Waals surface area (Å²) < 4.78 is 9.01. The van der Waals surface area contributed by atoms with Gasteiger partial charge in [0.1, 0.15) is 11.2 Å². The summed E-state index contributed by atoms with van der Waals surface area (Å²) in [5.41, 5.74) is 0.749. The van der Waals surface area contributed by atoms with Crippen molar-refractivity contribution in [2.45, 2.75) is 43.7 Å². The maximum atomic E-state index is 13.3. The molecule has 1 atom stereocenters. The van der Waals surface area contributed by atoms with Gasteiger partial charge in [-0.25, -0.2) is 14.3 Å². The van der Waals surface area contributed by atoms with Gasteiger partial charge in [-0.1, -0.05) is 36.4 Å². The van der Waals surface area contributed by atoms with Gasteiger partial charge in [-0.05, 0) is 37.7 Å². The zero-order chi connectivity index (χ0) is 22.0. The van der Waals surface area contributed by atoms with Crippen LogP contribution in [-0.4, -0.2) is 45.0 Å². The molecule has 0 spiro atoms. The number of aryl methyl sites for hydroxylation is 1. The van der Waals surface area contributed by atoms with E-state index in [-0.39, 0.29) is 24.2 Å². The summed E-state index contributed by atoms with van der Waals surface area (Å²) in [7, 11) is 0. The predicted octanol–water partition coefficient (Wildman–Crippen LogP) is 2.32. The van der Waals surface area contributed by atoms with Gasteiger partial charge in [0.05, 0.1) is 11.8 Å². The Kier molecular flexibility index (Phi) is 6.59. The third-order valence-electron chi connectivity index (χ3n) is 5.08. The third-order valence-corrected chi connectivity index (χ3v) is 7.14. The van der Waals surface area contributed by atoms with Crippen molar-refractivity contribution in [1.29, 1.82) is 0 Å². The van der Waals surface area contributed by atoms with E-state index in [1.54, 1.807) is 12.1 Å². The zero-order valence-corrected chi connectivity index (χ0v) is 19.1. The van der Waals surface area contributed by atoms with Gasteiger partial charge < -0.3 is 10.1 Å². The highest BCUT2D eigenvalue weighted by atomic mass is 32.2. The number of aromatic nitrogens is 3. The van der Waals surface area contributed by atoms with Crippen molar-refractivity contribution in [3.8, 4) is 5.69 Å². The molecule has 1 N–H and O–H groups in total. The fraction of sp³-hybridized carbons (Fsp3) is 0.429.